The van der Waals surface area contributed by atoms with E-state index < -0.39 is 0 Å². The smallest absolute Gasteiger partial charge is 0.265 e. The fraction of sp³-hybridized carbons (Fsp3) is 0.238. The normalized spacial score (nSPS) is 10.7. The minimum absolute atomic E-state index is 0.157. The number of benzene rings is 2. The minimum Gasteiger partial charge on any atom is -0.348 e. The lowest BCUT2D eigenvalue weighted by Crippen LogP contribution is -2.37. The maximum atomic E-state index is 12.0. The van der Waals surface area contributed by atoms with Crippen molar-refractivity contribution >= 4 is 17.9 Å². The molecule has 0 saturated carbocycles. The lowest BCUT2D eigenvalue weighted by molar-refractivity contribution is -0.116. The molecule has 0 saturated heterocycles. The Morgan fingerprint density at radius 1 is 1.00 bits per heavy atom. The molecule has 0 heterocycles. The summed E-state index contributed by atoms with van der Waals surface area (Å²) in [7, 11) is 0. The van der Waals surface area contributed by atoms with Gasteiger partial charge in [0.25, 0.3) is 5.91 Å². The molecule has 0 radical (unpaired) electrons. The van der Waals surface area contributed by atoms with Crippen LogP contribution in [0.4, 0.5) is 0 Å². The number of carbonyl (C=O) groups is 2. The molecule has 2 amide bonds. The average molecular weight is 351 g/mol. The SMILES string of the molecule is CCCCNNC(=O)c1ccc(CNC(=O)C=Cc2ccccc2)cc1. The number of hydrazine groups is 1. The average Bonchev–Trinajstić information content (AvgIpc) is 2.69. The maximum Gasteiger partial charge on any atom is 0.265 e. The van der Waals surface area contributed by atoms with Gasteiger partial charge in [-0.05, 0) is 35.8 Å². The molecule has 5 nitrogen and oxygen atoms in total. The van der Waals surface area contributed by atoms with Crippen LogP contribution in [-0.4, -0.2) is 18.4 Å². The van der Waals surface area contributed by atoms with E-state index >= 15 is 0 Å². The number of carbonyl (C=O) groups excluding carboxylic acids is 2. The number of unbranched alkanes of at least 4 members (excludes halogenated alkanes) is 1. The highest BCUT2D eigenvalue weighted by atomic mass is 16.2. The van der Waals surface area contributed by atoms with Crippen LogP contribution >= 0.6 is 0 Å². The molecule has 26 heavy (non-hydrogen) atoms. The molecular weight excluding hydrogens is 326 g/mol. The minimum atomic E-state index is -0.164. The van der Waals surface area contributed by atoms with Gasteiger partial charge < -0.3 is 5.32 Å². The molecule has 2 aromatic carbocycles. The second-order valence-electron chi connectivity index (χ2n) is 5.89. The first-order valence-electron chi connectivity index (χ1n) is 8.82. The summed E-state index contributed by atoms with van der Waals surface area (Å²) in [5, 5.41) is 2.83. The number of hydrogen-bond donors (Lipinski definition) is 3. The van der Waals surface area contributed by atoms with Crippen molar-refractivity contribution in [3.8, 4) is 0 Å². The monoisotopic (exact) mass is 351 g/mol. The highest BCUT2D eigenvalue weighted by molar-refractivity contribution is 5.94. The van der Waals surface area contributed by atoms with Crippen molar-refractivity contribution in [1.29, 1.82) is 0 Å². The van der Waals surface area contributed by atoms with E-state index in [1.807, 2.05) is 42.5 Å². The second kappa shape index (κ2) is 10.8. The molecule has 0 aliphatic carbocycles. The highest BCUT2D eigenvalue weighted by Crippen LogP contribution is 2.05. The lowest BCUT2D eigenvalue weighted by Gasteiger charge is -2.07. The van der Waals surface area contributed by atoms with Crippen LogP contribution in [0.5, 0.6) is 0 Å². The van der Waals surface area contributed by atoms with Crippen molar-refractivity contribution in [1.82, 2.24) is 16.2 Å². The molecule has 136 valence electrons. The first kappa shape index (κ1) is 19.4. The molecule has 0 bridgehead atoms. The topological polar surface area (TPSA) is 70.2 Å². The predicted octanol–water partition coefficient (Wildman–Crippen LogP) is 3.05. The molecule has 0 fully saturated rings. The Morgan fingerprint density at radius 3 is 2.42 bits per heavy atom. The van der Waals surface area contributed by atoms with E-state index in [2.05, 4.69) is 23.1 Å². The first-order chi connectivity index (χ1) is 12.7. The van der Waals surface area contributed by atoms with Crippen LogP contribution in [0.15, 0.2) is 60.7 Å². The Bertz CT molecular complexity index is 725. The summed E-state index contributed by atoms with van der Waals surface area (Å²) >= 11 is 0. The van der Waals surface area contributed by atoms with Gasteiger partial charge in [-0.15, -0.1) is 0 Å². The summed E-state index contributed by atoms with van der Waals surface area (Å²) in [5.74, 6) is -0.321. The van der Waals surface area contributed by atoms with Gasteiger partial charge in [0.05, 0.1) is 0 Å². The summed E-state index contributed by atoms with van der Waals surface area (Å²) in [6.45, 7) is 3.26. The van der Waals surface area contributed by atoms with E-state index in [-0.39, 0.29) is 11.8 Å². The number of amides is 2. The van der Waals surface area contributed by atoms with Crippen LogP contribution in [0.25, 0.3) is 6.08 Å². The Balaban J connectivity index is 1.77. The number of rotatable bonds is 9. The zero-order chi connectivity index (χ0) is 18.6. The molecule has 5 heteroatoms. The van der Waals surface area contributed by atoms with Crippen molar-refractivity contribution in [2.45, 2.75) is 26.3 Å². The molecule has 0 aromatic heterocycles. The number of hydrogen-bond acceptors (Lipinski definition) is 3. The summed E-state index contributed by atoms with van der Waals surface area (Å²) < 4.78 is 0. The summed E-state index contributed by atoms with van der Waals surface area (Å²) in [6.07, 6.45) is 5.37. The van der Waals surface area contributed by atoms with E-state index in [1.165, 1.54) is 6.08 Å². The van der Waals surface area contributed by atoms with Crippen molar-refractivity contribution in [2.24, 2.45) is 0 Å². The molecule has 0 unspecified atom stereocenters. The van der Waals surface area contributed by atoms with E-state index in [1.54, 1.807) is 18.2 Å². The van der Waals surface area contributed by atoms with Crippen LogP contribution < -0.4 is 16.2 Å². The molecule has 2 rings (SSSR count). The fourth-order valence-electron chi connectivity index (χ4n) is 2.24. The Labute approximate surface area is 154 Å². The second-order valence-corrected chi connectivity index (χ2v) is 5.89. The Hall–Kier alpha value is -2.92. The zero-order valence-corrected chi connectivity index (χ0v) is 15.0. The van der Waals surface area contributed by atoms with E-state index in [0.29, 0.717) is 12.1 Å². The van der Waals surface area contributed by atoms with Crippen LogP contribution in [0, 0.1) is 0 Å². The highest BCUT2D eigenvalue weighted by Gasteiger charge is 2.04. The van der Waals surface area contributed by atoms with Crippen LogP contribution in [0.2, 0.25) is 0 Å². The van der Waals surface area contributed by atoms with Gasteiger partial charge in [0.15, 0.2) is 0 Å². The van der Waals surface area contributed by atoms with Gasteiger partial charge in [0, 0.05) is 24.7 Å². The largest absolute Gasteiger partial charge is 0.348 e. The zero-order valence-electron chi connectivity index (χ0n) is 15.0. The standard InChI is InChI=1S/C21H25N3O2/c1-2-3-15-23-24-21(26)19-12-9-18(10-13-19)16-22-20(25)14-11-17-7-5-4-6-8-17/h4-14,23H,2-3,15-16H2,1H3,(H,22,25)(H,24,26). The van der Waals surface area contributed by atoms with Gasteiger partial charge >= 0.3 is 0 Å². The fourth-order valence-corrected chi connectivity index (χ4v) is 2.24. The third-order valence-corrected chi connectivity index (χ3v) is 3.77. The summed E-state index contributed by atoms with van der Waals surface area (Å²) in [4.78, 5) is 23.8. The van der Waals surface area contributed by atoms with Gasteiger partial charge in [-0.1, -0.05) is 55.8 Å². The van der Waals surface area contributed by atoms with Gasteiger partial charge in [-0.25, -0.2) is 5.43 Å². The first-order valence-corrected chi connectivity index (χ1v) is 8.82. The van der Waals surface area contributed by atoms with Crippen LogP contribution in [-0.2, 0) is 11.3 Å². The molecule has 0 atom stereocenters. The maximum absolute atomic E-state index is 12.0. The van der Waals surface area contributed by atoms with E-state index in [0.717, 1.165) is 30.5 Å². The van der Waals surface area contributed by atoms with E-state index in [4.69, 9.17) is 0 Å². The van der Waals surface area contributed by atoms with Crippen molar-refractivity contribution in [3.05, 3.63) is 77.4 Å². The Kier molecular flexibility index (Phi) is 8.09. The molecule has 0 spiro atoms. The quantitative estimate of drug-likeness (QED) is 0.369. The van der Waals surface area contributed by atoms with Crippen LogP contribution in [0.1, 0.15) is 41.3 Å². The molecule has 3 N–H and O–H groups in total. The molecule has 0 aliphatic rings. The van der Waals surface area contributed by atoms with E-state index in [9.17, 15) is 9.59 Å². The number of nitrogens with one attached hydrogen (secondary N) is 3. The molecule has 2 aromatic rings. The van der Waals surface area contributed by atoms with Crippen molar-refractivity contribution in [3.63, 3.8) is 0 Å². The third-order valence-electron chi connectivity index (χ3n) is 3.77. The summed E-state index contributed by atoms with van der Waals surface area (Å²) in [5.41, 5.74) is 8.06. The molecule has 0 aliphatic heterocycles. The molecular formula is C21H25N3O2. The third kappa shape index (κ3) is 6.91. The van der Waals surface area contributed by atoms with Crippen LogP contribution in [0.3, 0.4) is 0 Å². The van der Waals surface area contributed by atoms with Gasteiger partial charge in [-0.2, -0.15) is 0 Å². The van der Waals surface area contributed by atoms with Crippen molar-refractivity contribution < 1.29 is 9.59 Å². The van der Waals surface area contributed by atoms with Crippen molar-refractivity contribution in [2.75, 3.05) is 6.54 Å². The Morgan fingerprint density at radius 2 is 1.73 bits per heavy atom. The van der Waals surface area contributed by atoms with Gasteiger partial charge in [0.2, 0.25) is 5.91 Å². The van der Waals surface area contributed by atoms with Gasteiger partial charge in [-0.3, -0.25) is 15.0 Å². The lowest BCUT2D eigenvalue weighted by atomic mass is 10.1. The van der Waals surface area contributed by atoms with Gasteiger partial charge in [0.1, 0.15) is 0 Å². The predicted molar refractivity (Wildman–Crippen MR) is 104 cm³/mol. The summed E-state index contributed by atoms with van der Waals surface area (Å²) in [6, 6.07) is 16.8.